The fourth-order valence-electron chi connectivity index (χ4n) is 2.01. The summed E-state index contributed by atoms with van der Waals surface area (Å²) < 4.78 is 5.14. The van der Waals surface area contributed by atoms with Crippen LogP contribution < -0.4 is 5.73 Å². The number of rotatable bonds is 6. The van der Waals surface area contributed by atoms with Gasteiger partial charge in [0.2, 0.25) is 0 Å². The summed E-state index contributed by atoms with van der Waals surface area (Å²) in [6.45, 7) is 2.35. The number of likely N-dealkylation sites (tertiary alicyclic amines) is 1. The minimum absolute atomic E-state index is 0.255. The summed E-state index contributed by atoms with van der Waals surface area (Å²) in [7, 11) is 1.67. The number of nitrogens with two attached hydrogens (primary N) is 1. The van der Waals surface area contributed by atoms with Crippen LogP contribution in [0.4, 0.5) is 0 Å². The van der Waals surface area contributed by atoms with Crippen LogP contribution in [0.25, 0.3) is 0 Å². The lowest BCUT2D eigenvalue weighted by molar-refractivity contribution is 0.0572. The van der Waals surface area contributed by atoms with Gasteiger partial charge in [-0.2, -0.15) is 0 Å². The highest BCUT2D eigenvalue weighted by atomic mass is 16.5. The molecule has 3 unspecified atom stereocenters. The molecule has 1 saturated heterocycles. The Bertz CT molecular complexity index is 170. The Morgan fingerprint density at radius 2 is 2.00 bits per heavy atom. The molecule has 0 saturated carbocycles. The van der Waals surface area contributed by atoms with Crippen LogP contribution in [-0.2, 0) is 4.74 Å². The first-order valence-corrected chi connectivity index (χ1v) is 5.48. The molecule has 0 aliphatic carbocycles. The Balaban J connectivity index is 2.41. The summed E-state index contributed by atoms with van der Waals surface area (Å²) in [6.07, 6.45) is 0.644. The molecule has 1 heterocycles. The number of ether oxygens (including phenoxy) is 1. The third-order valence-electron chi connectivity index (χ3n) is 2.90. The van der Waals surface area contributed by atoms with Crippen LogP contribution >= 0.6 is 0 Å². The number of nitrogens with zero attached hydrogens (tertiary/aromatic N) is 1. The van der Waals surface area contributed by atoms with Crippen LogP contribution in [0.1, 0.15) is 12.8 Å². The van der Waals surface area contributed by atoms with E-state index in [0.29, 0.717) is 26.2 Å². The van der Waals surface area contributed by atoms with Gasteiger partial charge in [0.25, 0.3) is 0 Å². The van der Waals surface area contributed by atoms with E-state index in [1.54, 1.807) is 7.11 Å². The monoisotopic (exact) mass is 218 g/mol. The van der Waals surface area contributed by atoms with E-state index in [4.69, 9.17) is 10.5 Å². The van der Waals surface area contributed by atoms with E-state index in [1.165, 1.54) is 0 Å². The van der Waals surface area contributed by atoms with Crippen LogP contribution in [0, 0.1) is 0 Å². The number of hydrogen-bond acceptors (Lipinski definition) is 5. The molecule has 15 heavy (non-hydrogen) atoms. The smallest absolute Gasteiger partial charge is 0.0938 e. The van der Waals surface area contributed by atoms with E-state index in [0.717, 1.165) is 12.8 Å². The minimum Gasteiger partial charge on any atom is -0.389 e. The van der Waals surface area contributed by atoms with Crippen LogP contribution in [0.3, 0.4) is 0 Å². The van der Waals surface area contributed by atoms with Crippen LogP contribution in [0.5, 0.6) is 0 Å². The average Bonchev–Trinajstić information content (AvgIpc) is 2.54. The Kier molecular flexibility index (Phi) is 5.49. The maximum atomic E-state index is 9.45. The Hall–Kier alpha value is -0.200. The lowest BCUT2D eigenvalue weighted by Crippen LogP contribution is -2.38. The van der Waals surface area contributed by atoms with Gasteiger partial charge in [0.05, 0.1) is 18.8 Å². The van der Waals surface area contributed by atoms with Crippen molar-refractivity contribution in [2.45, 2.75) is 31.1 Å². The number of hydrogen-bond donors (Lipinski definition) is 3. The summed E-state index contributed by atoms with van der Waals surface area (Å²) in [6, 6.07) is 0.255. The maximum Gasteiger partial charge on any atom is 0.0938 e. The standard InChI is InChI=1S/C10H22N2O3/c1-15-7-8(3-2-4-11)12-5-9(13)10(14)6-12/h8-10,13-14H,2-7,11H2,1H3. The topological polar surface area (TPSA) is 79.0 Å². The molecular formula is C10H22N2O3. The predicted octanol–water partition coefficient (Wildman–Crippen LogP) is -1.22. The van der Waals surface area contributed by atoms with Gasteiger partial charge in [-0.05, 0) is 19.4 Å². The van der Waals surface area contributed by atoms with Crippen molar-refractivity contribution in [2.75, 3.05) is 33.4 Å². The van der Waals surface area contributed by atoms with Gasteiger partial charge in [-0.1, -0.05) is 0 Å². The molecule has 90 valence electrons. The van der Waals surface area contributed by atoms with Gasteiger partial charge in [-0.25, -0.2) is 0 Å². The van der Waals surface area contributed by atoms with E-state index in [2.05, 4.69) is 4.90 Å². The van der Waals surface area contributed by atoms with Gasteiger partial charge in [-0.15, -0.1) is 0 Å². The third-order valence-corrected chi connectivity index (χ3v) is 2.90. The summed E-state index contributed by atoms with van der Waals surface area (Å²) in [4.78, 5) is 2.08. The van der Waals surface area contributed by atoms with E-state index in [9.17, 15) is 10.2 Å². The Morgan fingerprint density at radius 3 is 2.47 bits per heavy atom. The van der Waals surface area contributed by atoms with Gasteiger partial charge in [0, 0.05) is 26.2 Å². The summed E-state index contributed by atoms with van der Waals surface area (Å²) in [5.41, 5.74) is 5.47. The first kappa shape index (κ1) is 12.9. The average molecular weight is 218 g/mol. The van der Waals surface area contributed by atoms with Gasteiger partial charge >= 0.3 is 0 Å². The highest BCUT2D eigenvalue weighted by Crippen LogP contribution is 2.16. The summed E-state index contributed by atoms with van der Waals surface area (Å²) >= 11 is 0. The van der Waals surface area contributed by atoms with Crippen LogP contribution in [0.2, 0.25) is 0 Å². The molecule has 0 bridgehead atoms. The molecule has 4 N–H and O–H groups in total. The largest absolute Gasteiger partial charge is 0.389 e. The summed E-state index contributed by atoms with van der Waals surface area (Å²) in [5.74, 6) is 0. The van der Waals surface area contributed by atoms with E-state index >= 15 is 0 Å². The van der Waals surface area contributed by atoms with Crippen molar-refractivity contribution < 1.29 is 14.9 Å². The van der Waals surface area contributed by atoms with E-state index < -0.39 is 12.2 Å². The second kappa shape index (κ2) is 6.40. The molecule has 0 aromatic rings. The molecule has 5 nitrogen and oxygen atoms in total. The molecule has 0 aromatic heterocycles. The van der Waals surface area contributed by atoms with Crippen molar-refractivity contribution in [3.05, 3.63) is 0 Å². The molecule has 1 rings (SSSR count). The molecule has 0 amide bonds. The van der Waals surface area contributed by atoms with Crippen molar-refractivity contribution in [1.29, 1.82) is 0 Å². The number of β-amino-alcohol motifs (C(OH)–C–C–N with tert-alkyl or cyclic N) is 2. The number of aliphatic hydroxyl groups is 2. The van der Waals surface area contributed by atoms with Crippen molar-refractivity contribution in [3.63, 3.8) is 0 Å². The molecule has 1 aliphatic rings. The zero-order valence-electron chi connectivity index (χ0n) is 9.30. The molecule has 5 heteroatoms. The first-order valence-electron chi connectivity index (χ1n) is 5.48. The molecule has 1 aliphatic heterocycles. The lowest BCUT2D eigenvalue weighted by Gasteiger charge is -2.26. The van der Waals surface area contributed by atoms with Gasteiger partial charge in [-0.3, -0.25) is 4.90 Å². The van der Waals surface area contributed by atoms with Gasteiger partial charge in [0.1, 0.15) is 0 Å². The quantitative estimate of drug-likeness (QED) is 0.521. The Morgan fingerprint density at radius 1 is 1.40 bits per heavy atom. The first-order chi connectivity index (χ1) is 7.19. The minimum atomic E-state index is -0.623. The fraction of sp³-hybridized carbons (Fsp3) is 1.00. The predicted molar refractivity (Wildman–Crippen MR) is 57.5 cm³/mol. The van der Waals surface area contributed by atoms with Gasteiger partial charge < -0.3 is 20.7 Å². The van der Waals surface area contributed by atoms with Crippen molar-refractivity contribution in [3.8, 4) is 0 Å². The fourth-order valence-corrected chi connectivity index (χ4v) is 2.01. The molecule has 1 fully saturated rings. The molecule has 0 spiro atoms. The Labute approximate surface area is 90.8 Å². The van der Waals surface area contributed by atoms with Crippen molar-refractivity contribution in [2.24, 2.45) is 5.73 Å². The highest BCUT2D eigenvalue weighted by Gasteiger charge is 2.33. The molecule has 0 aromatic carbocycles. The van der Waals surface area contributed by atoms with Crippen molar-refractivity contribution >= 4 is 0 Å². The van der Waals surface area contributed by atoms with E-state index in [1.807, 2.05) is 0 Å². The van der Waals surface area contributed by atoms with E-state index in [-0.39, 0.29) is 6.04 Å². The lowest BCUT2D eigenvalue weighted by atomic mass is 10.1. The van der Waals surface area contributed by atoms with Gasteiger partial charge in [0.15, 0.2) is 0 Å². The zero-order chi connectivity index (χ0) is 11.3. The summed E-state index contributed by atoms with van der Waals surface area (Å²) in [5, 5.41) is 18.9. The van der Waals surface area contributed by atoms with Crippen molar-refractivity contribution in [1.82, 2.24) is 4.90 Å². The maximum absolute atomic E-state index is 9.45. The second-order valence-electron chi connectivity index (χ2n) is 4.13. The van der Waals surface area contributed by atoms with Crippen LogP contribution in [-0.4, -0.2) is 66.7 Å². The molecule has 3 atom stereocenters. The molecule has 0 radical (unpaired) electrons. The number of methoxy groups -OCH3 is 1. The number of aliphatic hydroxyl groups excluding tert-OH is 2. The zero-order valence-corrected chi connectivity index (χ0v) is 9.30. The molecular weight excluding hydrogens is 196 g/mol. The third kappa shape index (κ3) is 3.70. The van der Waals surface area contributed by atoms with Crippen LogP contribution in [0.15, 0.2) is 0 Å². The SMILES string of the molecule is COCC(CCCN)N1CC(O)C(O)C1. The highest BCUT2D eigenvalue weighted by molar-refractivity contribution is 4.87. The normalized spacial score (nSPS) is 29.6. The second-order valence-corrected chi connectivity index (χ2v) is 4.13.